The summed E-state index contributed by atoms with van der Waals surface area (Å²) < 4.78 is 28.9. The van der Waals surface area contributed by atoms with E-state index in [4.69, 9.17) is 11.6 Å². The third kappa shape index (κ3) is 7.19. The van der Waals surface area contributed by atoms with Crippen LogP contribution >= 0.6 is 11.6 Å². The van der Waals surface area contributed by atoms with Crippen molar-refractivity contribution < 1.29 is 18.0 Å². The summed E-state index contributed by atoms with van der Waals surface area (Å²) in [6.45, 7) is 7.34. The lowest BCUT2D eigenvalue weighted by Crippen LogP contribution is -2.51. The molecule has 3 rings (SSSR count). The molecule has 39 heavy (non-hydrogen) atoms. The summed E-state index contributed by atoms with van der Waals surface area (Å²) in [7, 11) is -2.61. The molecule has 0 radical (unpaired) electrons. The molecule has 208 valence electrons. The predicted octanol–water partition coefficient (Wildman–Crippen LogP) is 5.52. The molecule has 0 aliphatic rings. The molecule has 0 aliphatic carbocycles. The second-order valence-electron chi connectivity index (χ2n) is 9.72. The molecule has 1 N–H and O–H groups in total. The molecule has 1 atom stereocenters. The van der Waals surface area contributed by atoms with Gasteiger partial charge in [-0.1, -0.05) is 80.4 Å². The number of hydrogen-bond donors (Lipinski definition) is 1. The maximum atomic E-state index is 14.0. The normalized spacial score (nSPS) is 12.2. The first-order valence-electron chi connectivity index (χ1n) is 12.9. The van der Waals surface area contributed by atoms with Crippen molar-refractivity contribution in [3.05, 3.63) is 94.5 Å². The number of sulfonamides is 1. The van der Waals surface area contributed by atoms with E-state index in [2.05, 4.69) is 19.2 Å². The van der Waals surface area contributed by atoms with E-state index in [9.17, 15) is 18.0 Å². The minimum atomic E-state index is -4.11. The molecule has 0 unspecified atom stereocenters. The van der Waals surface area contributed by atoms with Crippen LogP contribution in [-0.2, 0) is 26.2 Å². The average molecular weight is 570 g/mol. The van der Waals surface area contributed by atoms with Gasteiger partial charge in [-0.2, -0.15) is 0 Å². The zero-order valence-electron chi connectivity index (χ0n) is 23.0. The Morgan fingerprint density at radius 1 is 0.949 bits per heavy atom. The van der Waals surface area contributed by atoms with Gasteiger partial charge in [0, 0.05) is 18.6 Å². The molecule has 0 fully saturated rings. The second-order valence-corrected chi connectivity index (χ2v) is 12.0. The van der Waals surface area contributed by atoms with Gasteiger partial charge in [0.25, 0.3) is 10.0 Å². The van der Waals surface area contributed by atoms with Crippen LogP contribution in [-0.4, -0.2) is 44.8 Å². The molecule has 0 bridgehead atoms. The summed E-state index contributed by atoms with van der Waals surface area (Å²) in [5.41, 5.74) is 2.98. The summed E-state index contributed by atoms with van der Waals surface area (Å²) in [5, 5.41) is 3.07. The molecule has 0 spiro atoms. The van der Waals surface area contributed by atoms with Gasteiger partial charge in [0.15, 0.2) is 0 Å². The maximum Gasteiger partial charge on any atom is 0.264 e. The number of anilines is 1. The van der Waals surface area contributed by atoms with Gasteiger partial charge >= 0.3 is 0 Å². The first kappa shape index (κ1) is 30.2. The van der Waals surface area contributed by atoms with Crippen molar-refractivity contribution in [3.8, 4) is 0 Å². The fourth-order valence-corrected chi connectivity index (χ4v) is 5.90. The SMILES string of the molecule is CC[C@H](C(=O)NC)N(Cc1ccccc1Cl)C(=O)CN(c1ccc(C(C)C)cc1)S(=O)(=O)c1ccc(C)cc1. The average Bonchev–Trinajstić information content (AvgIpc) is 2.92. The van der Waals surface area contributed by atoms with Crippen molar-refractivity contribution in [1.29, 1.82) is 0 Å². The number of rotatable bonds is 11. The summed E-state index contributed by atoms with van der Waals surface area (Å²) >= 11 is 6.40. The third-order valence-electron chi connectivity index (χ3n) is 6.67. The van der Waals surface area contributed by atoms with Crippen LogP contribution in [0.25, 0.3) is 0 Å². The monoisotopic (exact) mass is 569 g/mol. The van der Waals surface area contributed by atoms with Gasteiger partial charge in [0.2, 0.25) is 11.8 Å². The molecule has 0 heterocycles. The van der Waals surface area contributed by atoms with Gasteiger partial charge in [0.05, 0.1) is 10.6 Å². The standard InChI is InChI=1S/C30H36ClN3O4S/c1-6-28(30(36)32-5)33(19-24-9-7-8-10-27(24)31)29(35)20-34(25-15-13-23(14-16-25)21(2)3)39(37,38)26-17-11-22(4)12-18-26/h7-18,21,28H,6,19-20H2,1-5H3,(H,32,36)/t28-/m1/s1. The number of aryl methyl sites for hydroxylation is 1. The number of carbonyl (C=O) groups is 2. The van der Waals surface area contributed by atoms with E-state index < -0.39 is 28.5 Å². The van der Waals surface area contributed by atoms with Gasteiger partial charge in [-0.25, -0.2) is 8.42 Å². The zero-order valence-corrected chi connectivity index (χ0v) is 24.6. The molecular formula is C30H36ClN3O4S. The topological polar surface area (TPSA) is 86.8 Å². The molecule has 0 saturated heterocycles. The molecule has 9 heteroatoms. The highest BCUT2D eigenvalue weighted by Gasteiger charge is 2.33. The number of carbonyl (C=O) groups excluding carboxylic acids is 2. The number of halogens is 1. The Morgan fingerprint density at radius 2 is 1.56 bits per heavy atom. The summed E-state index contributed by atoms with van der Waals surface area (Å²) in [6.07, 6.45) is 0.337. The van der Waals surface area contributed by atoms with Crippen molar-refractivity contribution >= 4 is 39.1 Å². The van der Waals surface area contributed by atoms with E-state index in [1.165, 1.54) is 24.1 Å². The van der Waals surface area contributed by atoms with Gasteiger partial charge in [-0.05, 0) is 60.7 Å². The van der Waals surface area contributed by atoms with Crippen LogP contribution in [0.4, 0.5) is 5.69 Å². The quantitative estimate of drug-likeness (QED) is 0.329. The Labute approximate surface area is 236 Å². The van der Waals surface area contributed by atoms with E-state index in [1.54, 1.807) is 55.5 Å². The van der Waals surface area contributed by atoms with Crippen LogP contribution in [0, 0.1) is 6.92 Å². The minimum absolute atomic E-state index is 0.0507. The predicted molar refractivity (Wildman–Crippen MR) is 156 cm³/mol. The van der Waals surface area contributed by atoms with Crippen LogP contribution in [0.5, 0.6) is 0 Å². The third-order valence-corrected chi connectivity index (χ3v) is 8.82. The maximum absolute atomic E-state index is 14.0. The molecular weight excluding hydrogens is 534 g/mol. The van der Waals surface area contributed by atoms with Gasteiger partial charge in [-0.15, -0.1) is 0 Å². The van der Waals surface area contributed by atoms with Crippen LogP contribution < -0.4 is 9.62 Å². The van der Waals surface area contributed by atoms with Crippen molar-refractivity contribution in [2.24, 2.45) is 0 Å². The largest absolute Gasteiger partial charge is 0.357 e. The molecule has 3 aromatic carbocycles. The molecule has 7 nitrogen and oxygen atoms in total. The van der Waals surface area contributed by atoms with Crippen molar-refractivity contribution in [2.45, 2.75) is 57.5 Å². The van der Waals surface area contributed by atoms with E-state index in [0.29, 0.717) is 22.7 Å². The minimum Gasteiger partial charge on any atom is -0.357 e. The zero-order chi connectivity index (χ0) is 28.7. The van der Waals surface area contributed by atoms with Gasteiger partial charge in [-0.3, -0.25) is 13.9 Å². The first-order chi connectivity index (χ1) is 18.5. The summed E-state index contributed by atoms with van der Waals surface area (Å²) in [5.74, 6) is -0.604. The van der Waals surface area contributed by atoms with E-state index in [1.807, 2.05) is 19.1 Å². The van der Waals surface area contributed by atoms with E-state index >= 15 is 0 Å². The highest BCUT2D eigenvalue weighted by molar-refractivity contribution is 7.92. The van der Waals surface area contributed by atoms with Crippen LogP contribution in [0.2, 0.25) is 5.02 Å². The number of nitrogens with zero attached hydrogens (tertiary/aromatic N) is 2. The smallest absolute Gasteiger partial charge is 0.264 e. The number of hydrogen-bond acceptors (Lipinski definition) is 4. The second kappa shape index (κ2) is 13.1. The van der Waals surface area contributed by atoms with Crippen molar-refractivity contribution in [3.63, 3.8) is 0 Å². The number of nitrogens with one attached hydrogen (secondary N) is 1. The lowest BCUT2D eigenvalue weighted by Gasteiger charge is -2.33. The molecule has 0 saturated carbocycles. The Kier molecular flexibility index (Phi) is 10.2. The Hall–Kier alpha value is -3.36. The summed E-state index contributed by atoms with van der Waals surface area (Å²) in [4.78, 5) is 28.2. The molecule has 2 amide bonds. The van der Waals surface area contributed by atoms with Crippen molar-refractivity contribution in [1.82, 2.24) is 10.2 Å². The Balaban J connectivity index is 2.08. The van der Waals surface area contributed by atoms with Crippen LogP contribution in [0.1, 0.15) is 49.8 Å². The molecule has 0 aromatic heterocycles. The number of likely N-dealkylation sites (N-methyl/N-ethyl adjacent to an activating group) is 1. The van der Waals surface area contributed by atoms with E-state index in [0.717, 1.165) is 15.4 Å². The van der Waals surface area contributed by atoms with Gasteiger partial charge < -0.3 is 10.2 Å². The molecule has 0 aliphatic heterocycles. The number of benzene rings is 3. The highest BCUT2D eigenvalue weighted by atomic mass is 35.5. The Bertz CT molecular complexity index is 1390. The van der Waals surface area contributed by atoms with E-state index in [-0.39, 0.29) is 23.3 Å². The van der Waals surface area contributed by atoms with Gasteiger partial charge in [0.1, 0.15) is 12.6 Å². The fraction of sp³-hybridized carbons (Fsp3) is 0.333. The Morgan fingerprint density at radius 3 is 2.10 bits per heavy atom. The lowest BCUT2D eigenvalue weighted by atomic mass is 10.0. The van der Waals surface area contributed by atoms with Crippen LogP contribution in [0.3, 0.4) is 0 Å². The van der Waals surface area contributed by atoms with Crippen LogP contribution in [0.15, 0.2) is 77.7 Å². The molecule has 3 aromatic rings. The first-order valence-corrected chi connectivity index (χ1v) is 14.7. The highest BCUT2D eigenvalue weighted by Crippen LogP contribution is 2.27. The fourth-order valence-electron chi connectivity index (χ4n) is 4.29. The summed E-state index contributed by atoms with van der Waals surface area (Å²) in [6, 6.07) is 19.9. The number of amides is 2. The lowest BCUT2D eigenvalue weighted by molar-refractivity contribution is -0.140. The van der Waals surface area contributed by atoms with Crippen molar-refractivity contribution in [2.75, 3.05) is 17.9 Å².